The van der Waals surface area contributed by atoms with Crippen molar-refractivity contribution >= 4 is 29.0 Å². The number of nitro benzene ring substituents is 1. The second kappa shape index (κ2) is 7.44. The molecule has 2 rings (SSSR count). The first-order valence-electron chi connectivity index (χ1n) is 7.44. The van der Waals surface area contributed by atoms with Gasteiger partial charge in [-0.15, -0.1) is 11.8 Å². The van der Waals surface area contributed by atoms with Crippen LogP contribution >= 0.6 is 11.8 Å². The monoisotopic (exact) mass is 345 g/mol. The van der Waals surface area contributed by atoms with E-state index in [1.54, 1.807) is 19.1 Å². The van der Waals surface area contributed by atoms with Crippen LogP contribution in [0.3, 0.4) is 0 Å². The first-order valence-corrected chi connectivity index (χ1v) is 8.32. The van der Waals surface area contributed by atoms with Gasteiger partial charge in [-0.25, -0.2) is 0 Å². The number of thioether (sulfide) groups is 1. The summed E-state index contributed by atoms with van der Waals surface area (Å²) >= 11 is 1.35. The van der Waals surface area contributed by atoms with Gasteiger partial charge in [-0.2, -0.15) is 0 Å². The lowest BCUT2D eigenvalue weighted by molar-refractivity contribution is -0.384. The standard InChI is InChI=1S/C17H19N3O3S/c1-10-9-11(2)18-12(3)16(10)19-17(21)13(4)24-15-7-5-14(6-8-15)20(22)23/h5-9,13H,1-4H3,(H,19,21). The third-order valence-electron chi connectivity index (χ3n) is 3.50. The Balaban J connectivity index is 2.06. The van der Waals surface area contributed by atoms with Crippen molar-refractivity contribution in [2.24, 2.45) is 0 Å². The number of amides is 1. The van der Waals surface area contributed by atoms with Gasteiger partial charge in [0, 0.05) is 22.7 Å². The molecule has 1 N–H and O–H groups in total. The highest BCUT2D eigenvalue weighted by atomic mass is 32.2. The number of nitrogens with zero attached hydrogens (tertiary/aromatic N) is 2. The topological polar surface area (TPSA) is 85.1 Å². The van der Waals surface area contributed by atoms with Gasteiger partial charge >= 0.3 is 0 Å². The van der Waals surface area contributed by atoms with Crippen LogP contribution in [0.4, 0.5) is 11.4 Å². The fraction of sp³-hybridized carbons (Fsp3) is 0.294. The van der Waals surface area contributed by atoms with E-state index in [0.717, 1.165) is 27.5 Å². The minimum atomic E-state index is -0.444. The summed E-state index contributed by atoms with van der Waals surface area (Å²) in [5.41, 5.74) is 3.45. The van der Waals surface area contributed by atoms with Crippen molar-refractivity contribution in [3.05, 3.63) is 57.4 Å². The molecule has 2 aromatic rings. The third-order valence-corrected chi connectivity index (χ3v) is 4.62. The van der Waals surface area contributed by atoms with Crippen molar-refractivity contribution in [2.75, 3.05) is 5.32 Å². The quantitative estimate of drug-likeness (QED) is 0.502. The lowest BCUT2D eigenvalue weighted by atomic mass is 10.1. The molecule has 1 unspecified atom stereocenters. The molecule has 0 aliphatic rings. The van der Waals surface area contributed by atoms with E-state index in [4.69, 9.17) is 0 Å². The van der Waals surface area contributed by atoms with Crippen molar-refractivity contribution in [2.45, 2.75) is 37.8 Å². The van der Waals surface area contributed by atoms with Crippen LogP contribution in [0.25, 0.3) is 0 Å². The van der Waals surface area contributed by atoms with E-state index < -0.39 is 4.92 Å². The molecular formula is C17H19N3O3S. The molecule has 0 aliphatic carbocycles. The number of aryl methyl sites for hydroxylation is 3. The largest absolute Gasteiger partial charge is 0.323 e. The summed E-state index contributed by atoms with van der Waals surface area (Å²) in [4.78, 5) is 27.8. The van der Waals surface area contributed by atoms with Crippen molar-refractivity contribution in [1.82, 2.24) is 4.98 Å². The highest BCUT2D eigenvalue weighted by Crippen LogP contribution is 2.27. The van der Waals surface area contributed by atoms with Gasteiger partial charge in [0.25, 0.3) is 5.69 Å². The molecule has 0 saturated heterocycles. The number of nitro groups is 1. The highest BCUT2D eigenvalue weighted by molar-refractivity contribution is 8.00. The third kappa shape index (κ3) is 4.32. The molecule has 0 spiro atoms. The van der Waals surface area contributed by atoms with Gasteiger partial charge in [0.1, 0.15) is 0 Å². The van der Waals surface area contributed by atoms with Crippen molar-refractivity contribution in [1.29, 1.82) is 0 Å². The predicted molar refractivity (Wildman–Crippen MR) is 95.5 cm³/mol. The Hall–Kier alpha value is -2.41. The van der Waals surface area contributed by atoms with Crippen LogP contribution in [-0.4, -0.2) is 21.1 Å². The van der Waals surface area contributed by atoms with E-state index in [2.05, 4.69) is 10.3 Å². The number of anilines is 1. The van der Waals surface area contributed by atoms with E-state index in [-0.39, 0.29) is 16.8 Å². The number of hydrogen-bond donors (Lipinski definition) is 1. The fourth-order valence-electron chi connectivity index (χ4n) is 2.34. The number of aromatic nitrogens is 1. The number of carbonyl (C=O) groups excluding carboxylic acids is 1. The van der Waals surface area contributed by atoms with E-state index in [9.17, 15) is 14.9 Å². The molecule has 0 saturated carbocycles. The van der Waals surface area contributed by atoms with Gasteiger partial charge in [0.15, 0.2) is 0 Å². The number of carbonyl (C=O) groups is 1. The lowest BCUT2D eigenvalue weighted by Gasteiger charge is -2.15. The first-order chi connectivity index (χ1) is 11.3. The smallest absolute Gasteiger partial charge is 0.269 e. The SMILES string of the molecule is Cc1cc(C)c(NC(=O)C(C)Sc2ccc([N+](=O)[O-])cc2)c(C)n1. The van der Waals surface area contributed by atoms with Crippen LogP contribution in [0.1, 0.15) is 23.9 Å². The molecule has 7 heteroatoms. The molecule has 24 heavy (non-hydrogen) atoms. The molecule has 126 valence electrons. The second-order valence-corrected chi connectivity index (χ2v) is 6.96. The average molecular weight is 345 g/mol. The summed E-state index contributed by atoms with van der Waals surface area (Å²) in [6.07, 6.45) is 0. The first kappa shape index (κ1) is 17.9. The number of rotatable bonds is 5. The van der Waals surface area contributed by atoms with E-state index in [0.29, 0.717) is 0 Å². The van der Waals surface area contributed by atoms with Crippen LogP contribution in [-0.2, 0) is 4.79 Å². The normalized spacial score (nSPS) is 11.8. The van der Waals surface area contributed by atoms with Crippen LogP contribution < -0.4 is 5.32 Å². The summed E-state index contributed by atoms with van der Waals surface area (Å²) in [6.45, 7) is 7.52. The summed E-state index contributed by atoms with van der Waals surface area (Å²) in [6, 6.07) is 8.10. The number of hydrogen-bond acceptors (Lipinski definition) is 5. The van der Waals surface area contributed by atoms with Gasteiger partial charge in [0.05, 0.1) is 21.6 Å². The molecule has 6 nitrogen and oxygen atoms in total. The van der Waals surface area contributed by atoms with E-state index in [1.807, 2.05) is 26.8 Å². The maximum absolute atomic E-state index is 12.4. The molecule has 1 heterocycles. The molecule has 0 radical (unpaired) electrons. The predicted octanol–water partition coefficient (Wildman–Crippen LogP) is 4.03. The van der Waals surface area contributed by atoms with Gasteiger partial charge in [-0.05, 0) is 51.5 Å². The number of nitrogens with one attached hydrogen (secondary N) is 1. The Morgan fingerprint density at radius 2 is 1.88 bits per heavy atom. The molecule has 1 amide bonds. The zero-order valence-electron chi connectivity index (χ0n) is 14.0. The summed E-state index contributed by atoms with van der Waals surface area (Å²) in [5, 5.41) is 13.2. The maximum Gasteiger partial charge on any atom is 0.269 e. The Morgan fingerprint density at radius 3 is 2.42 bits per heavy atom. The van der Waals surface area contributed by atoms with E-state index in [1.165, 1.54) is 23.9 Å². The van der Waals surface area contributed by atoms with Crippen LogP contribution in [0.5, 0.6) is 0 Å². The molecule has 1 atom stereocenters. The maximum atomic E-state index is 12.4. The Bertz CT molecular complexity index is 752. The number of non-ortho nitro benzene ring substituents is 1. The molecule has 1 aromatic carbocycles. The molecule has 0 fully saturated rings. The summed E-state index contributed by atoms with van der Waals surface area (Å²) < 4.78 is 0. The lowest BCUT2D eigenvalue weighted by Crippen LogP contribution is -2.23. The van der Waals surface area contributed by atoms with Gasteiger partial charge in [-0.3, -0.25) is 19.9 Å². The molecule has 0 aliphatic heterocycles. The van der Waals surface area contributed by atoms with Crippen LogP contribution in [0.2, 0.25) is 0 Å². The zero-order chi connectivity index (χ0) is 17.9. The summed E-state index contributed by atoms with van der Waals surface area (Å²) in [7, 11) is 0. The van der Waals surface area contributed by atoms with Crippen LogP contribution in [0, 0.1) is 30.9 Å². The van der Waals surface area contributed by atoms with Crippen molar-refractivity contribution < 1.29 is 9.72 Å². The van der Waals surface area contributed by atoms with E-state index >= 15 is 0 Å². The minimum Gasteiger partial charge on any atom is -0.323 e. The molecular weight excluding hydrogens is 326 g/mol. The zero-order valence-corrected chi connectivity index (χ0v) is 14.8. The Kier molecular flexibility index (Phi) is 5.56. The van der Waals surface area contributed by atoms with Crippen molar-refractivity contribution in [3.63, 3.8) is 0 Å². The average Bonchev–Trinajstić information content (AvgIpc) is 2.51. The molecule has 0 bridgehead atoms. The van der Waals surface area contributed by atoms with Gasteiger partial charge in [-0.1, -0.05) is 0 Å². The minimum absolute atomic E-state index is 0.0356. The van der Waals surface area contributed by atoms with Gasteiger partial charge < -0.3 is 5.32 Å². The highest BCUT2D eigenvalue weighted by Gasteiger charge is 2.17. The van der Waals surface area contributed by atoms with Crippen molar-refractivity contribution in [3.8, 4) is 0 Å². The fourth-order valence-corrected chi connectivity index (χ4v) is 3.21. The molecule has 1 aromatic heterocycles. The van der Waals surface area contributed by atoms with Gasteiger partial charge in [0.2, 0.25) is 5.91 Å². The second-order valence-electron chi connectivity index (χ2n) is 5.54. The number of pyridine rings is 1. The number of benzene rings is 1. The summed E-state index contributed by atoms with van der Waals surface area (Å²) in [5.74, 6) is -0.129. The Morgan fingerprint density at radius 1 is 1.25 bits per heavy atom. The van der Waals surface area contributed by atoms with Crippen LogP contribution in [0.15, 0.2) is 35.2 Å². The Labute approximate surface area is 144 Å².